The first kappa shape index (κ1) is 9.17. The zero-order valence-corrected chi connectivity index (χ0v) is 8.91. The van der Waals surface area contributed by atoms with Gasteiger partial charge in [-0.25, -0.2) is 0 Å². The smallest absolute Gasteiger partial charge is 0.0842 e. The molecule has 80 valence electrons. The van der Waals surface area contributed by atoms with E-state index in [1.807, 2.05) is 0 Å². The molecule has 0 bridgehead atoms. The number of piperidine rings is 1. The van der Waals surface area contributed by atoms with Gasteiger partial charge < -0.3 is 5.11 Å². The highest BCUT2D eigenvalue weighted by Crippen LogP contribution is 2.47. The van der Waals surface area contributed by atoms with E-state index in [0.717, 1.165) is 13.0 Å². The van der Waals surface area contributed by atoms with Gasteiger partial charge in [0.1, 0.15) is 0 Å². The lowest BCUT2D eigenvalue weighted by Gasteiger charge is -2.45. The molecule has 1 N–H and O–H groups in total. The molecule has 3 rings (SSSR count). The lowest BCUT2D eigenvalue weighted by Crippen LogP contribution is -2.53. The molecular weight excluding hydrogens is 174 g/mol. The number of fused-ring (bicyclic) bond motifs is 1. The summed E-state index contributed by atoms with van der Waals surface area (Å²) in [4.78, 5) is 2.54. The Hall–Kier alpha value is -0.0800. The zero-order chi connectivity index (χ0) is 9.60. The molecule has 3 fully saturated rings. The Morgan fingerprint density at radius 1 is 1.00 bits per heavy atom. The number of nitrogens with zero attached hydrogens (tertiary/aromatic N) is 1. The maximum Gasteiger partial charge on any atom is 0.0842 e. The lowest BCUT2D eigenvalue weighted by molar-refractivity contribution is -0.0814. The first-order valence-corrected chi connectivity index (χ1v) is 6.27. The van der Waals surface area contributed by atoms with Crippen molar-refractivity contribution in [3.05, 3.63) is 0 Å². The van der Waals surface area contributed by atoms with Crippen molar-refractivity contribution in [3.8, 4) is 0 Å². The number of hydrogen-bond donors (Lipinski definition) is 1. The quantitative estimate of drug-likeness (QED) is 0.689. The van der Waals surface area contributed by atoms with E-state index < -0.39 is 0 Å². The van der Waals surface area contributed by atoms with Crippen LogP contribution in [0.4, 0.5) is 0 Å². The van der Waals surface area contributed by atoms with Crippen molar-refractivity contribution in [1.82, 2.24) is 4.90 Å². The van der Waals surface area contributed by atoms with Gasteiger partial charge in [-0.1, -0.05) is 12.8 Å². The van der Waals surface area contributed by atoms with Crippen LogP contribution in [0.15, 0.2) is 0 Å². The van der Waals surface area contributed by atoms with Crippen LogP contribution in [0.3, 0.4) is 0 Å². The predicted octanol–water partition coefficient (Wildman–Crippen LogP) is 1.78. The second-order valence-corrected chi connectivity index (χ2v) is 5.42. The third-order valence-corrected chi connectivity index (χ3v) is 4.80. The van der Waals surface area contributed by atoms with Gasteiger partial charge in [0.2, 0.25) is 0 Å². The van der Waals surface area contributed by atoms with E-state index in [9.17, 15) is 5.11 Å². The molecule has 14 heavy (non-hydrogen) atoms. The van der Waals surface area contributed by atoms with Gasteiger partial charge in [0.05, 0.1) is 5.60 Å². The van der Waals surface area contributed by atoms with Crippen molar-refractivity contribution in [2.24, 2.45) is 5.92 Å². The van der Waals surface area contributed by atoms with Gasteiger partial charge in [-0.15, -0.1) is 0 Å². The number of aliphatic hydroxyl groups is 1. The molecule has 2 nitrogen and oxygen atoms in total. The Labute approximate surface area is 86.3 Å². The SMILES string of the molecule is OC1(C2CCC2)CCN2CCCCC21. The fraction of sp³-hybridized carbons (Fsp3) is 1.00. The molecule has 0 aromatic heterocycles. The summed E-state index contributed by atoms with van der Waals surface area (Å²) in [5.41, 5.74) is -0.293. The molecule has 0 aromatic carbocycles. The second-order valence-electron chi connectivity index (χ2n) is 5.42. The number of rotatable bonds is 1. The first-order valence-electron chi connectivity index (χ1n) is 6.27. The molecular formula is C12H21NO. The summed E-state index contributed by atoms with van der Waals surface area (Å²) in [6.07, 6.45) is 8.87. The molecule has 2 unspecified atom stereocenters. The molecule has 0 radical (unpaired) electrons. The van der Waals surface area contributed by atoms with Crippen molar-refractivity contribution in [2.75, 3.05) is 13.1 Å². The van der Waals surface area contributed by atoms with Crippen molar-refractivity contribution in [3.63, 3.8) is 0 Å². The summed E-state index contributed by atoms with van der Waals surface area (Å²) >= 11 is 0. The maximum atomic E-state index is 10.8. The lowest BCUT2D eigenvalue weighted by atomic mass is 9.68. The highest BCUT2D eigenvalue weighted by Gasteiger charge is 2.52. The van der Waals surface area contributed by atoms with E-state index in [1.54, 1.807) is 0 Å². The monoisotopic (exact) mass is 195 g/mol. The molecule has 1 saturated carbocycles. The molecule has 3 aliphatic rings. The highest BCUT2D eigenvalue weighted by atomic mass is 16.3. The molecule has 2 aliphatic heterocycles. The van der Waals surface area contributed by atoms with Gasteiger partial charge in [-0.2, -0.15) is 0 Å². The van der Waals surface area contributed by atoms with Crippen molar-refractivity contribution >= 4 is 0 Å². The maximum absolute atomic E-state index is 10.8. The van der Waals surface area contributed by atoms with Gasteiger partial charge in [0, 0.05) is 12.6 Å². The second kappa shape index (κ2) is 3.21. The average molecular weight is 195 g/mol. The zero-order valence-electron chi connectivity index (χ0n) is 8.91. The normalized spacial score (nSPS) is 44.8. The molecule has 2 heterocycles. The molecule has 0 spiro atoms. The van der Waals surface area contributed by atoms with E-state index in [2.05, 4.69) is 4.90 Å². The Balaban J connectivity index is 1.78. The Kier molecular flexibility index (Phi) is 2.10. The van der Waals surface area contributed by atoms with E-state index >= 15 is 0 Å². The van der Waals surface area contributed by atoms with E-state index in [0.29, 0.717) is 12.0 Å². The van der Waals surface area contributed by atoms with E-state index in [1.165, 1.54) is 45.1 Å². The van der Waals surface area contributed by atoms with Gasteiger partial charge in [-0.3, -0.25) is 4.90 Å². The summed E-state index contributed by atoms with van der Waals surface area (Å²) in [6.45, 7) is 2.39. The minimum Gasteiger partial charge on any atom is -0.388 e. The first-order chi connectivity index (χ1) is 6.81. The Morgan fingerprint density at radius 2 is 1.86 bits per heavy atom. The fourth-order valence-electron chi connectivity index (χ4n) is 3.70. The van der Waals surface area contributed by atoms with Crippen LogP contribution >= 0.6 is 0 Å². The van der Waals surface area contributed by atoms with Crippen molar-refractivity contribution in [1.29, 1.82) is 0 Å². The standard InChI is InChI=1S/C12H21NO/c14-12(10-4-3-5-10)7-9-13-8-2-1-6-11(12)13/h10-11,14H,1-9H2. The van der Waals surface area contributed by atoms with Crippen LogP contribution in [0.1, 0.15) is 44.9 Å². The van der Waals surface area contributed by atoms with Gasteiger partial charge in [0.15, 0.2) is 0 Å². The molecule has 2 saturated heterocycles. The molecule has 2 atom stereocenters. The van der Waals surface area contributed by atoms with Gasteiger partial charge >= 0.3 is 0 Å². The molecule has 1 aliphatic carbocycles. The largest absolute Gasteiger partial charge is 0.388 e. The Morgan fingerprint density at radius 3 is 2.57 bits per heavy atom. The molecule has 2 heteroatoms. The van der Waals surface area contributed by atoms with Crippen LogP contribution in [0.25, 0.3) is 0 Å². The summed E-state index contributed by atoms with van der Waals surface area (Å²) in [7, 11) is 0. The number of hydrogen-bond acceptors (Lipinski definition) is 2. The van der Waals surface area contributed by atoms with Gasteiger partial charge in [-0.05, 0) is 44.6 Å². The third-order valence-electron chi connectivity index (χ3n) is 4.80. The van der Waals surface area contributed by atoms with E-state index in [-0.39, 0.29) is 5.60 Å². The topological polar surface area (TPSA) is 23.5 Å². The van der Waals surface area contributed by atoms with E-state index in [4.69, 9.17) is 0 Å². The van der Waals surface area contributed by atoms with Crippen LogP contribution in [-0.4, -0.2) is 34.7 Å². The minimum atomic E-state index is -0.293. The van der Waals surface area contributed by atoms with Crippen molar-refractivity contribution in [2.45, 2.75) is 56.6 Å². The van der Waals surface area contributed by atoms with Gasteiger partial charge in [0.25, 0.3) is 0 Å². The summed E-state index contributed by atoms with van der Waals surface area (Å²) in [5.74, 6) is 0.635. The predicted molar refractivity (Wildman–Crippen MR) is 56.1 cm³/mol. The average Bonchev–Trinajstić information content (AvgIpc) is 2.43. The van der Waals surface area contributed by atoms with Crippen LogP contribution in [0.5, 0.6) is 0 Å². The summed E-state index contributed by atoms with van der Waals surface area (Å²) in [5, 5.41) is 10.8. The Bertz CT molecular complexity index is 226. The third kappa shape index (κ3) is 1.17. The molecule has 0 aromatic rings. The van der Waals surface area contributed by atoms with Crippen LogP contribution in [0, 0.1) is 5.92 Å². The summed E-state index contributed by atoms with van der Waals surface area (Å²) < 4.78 is 0. The summed E-state index contributed by atoms with van der Waals surface area (Å²) in [6, 6.07) is 0.515. The molecule has 0 amide bonds. The highest BCUT2D eigenvalue weighted by molar-refractivity contribution is 5.06. The van der Waals surface area contributed by atoms with Crippen molar-refractivity contribution < 1.29 is 5.11 Å². The minimum absolute atomic E-state index is 0.293. The van der Waals surface area contributed by atoms with Crippen LogP contribution in [-0.2, 0) is 0 Å². The van der Waals surface area contributed by atoms with Crippen LogP contribution in [0.2, 0.25) is 0 Å². The van der Waals surface area contributed by atoms with Crippen LogP contribution < -0.4 is 0 Å². The fourth-order valence-corrected chi connectivity index (χ4v) is 3.70.